The summed E-state index contributed by atoms with van der Waals surface area (Å²) in [7, 11) is 0. The molecule has 1 aliphatic carbocycles. The Balaban J connectivity index is 0.000000921. The van der Waals surface area contributed by atoms with Gasteiger partial charge >= 0.3 is 0 Å². The molecule has 1 atom stereocenters. The van der Waals surface area contributed by atoms with Gasteiger partial charge in [-0.25, -0.2) is 4.79 Å². The smallest absolute Gasteiger partial charge is 0.131 e. The summed E-state index contributed by atoms with van der Waals surface area (Å²) >= 11 is 0. The van der Waals surface area contributed by atoms with Crippen molar-refractivity contribution in [2.24, 2.45) is 5.92 Å². The quantitative estimate of drug-likeness (QED) is 0.524. The SMILES string of the molecule is C=C.CC(C)COC1C=CC=CC1=C=O. The molecule has 82 valence electrons. The molecular weight excluding hydrogens is 188 g/mol. The molecule has 0 aromatic carbocycles. The molecule has 0 aliphatic heterocycles. The summed E-state index contributed by atoms with van der Waals surface area (Å²) in [6.07, 6.45) is 7.09. The lowest BCUT2D eigenvalue weighted by atomic mass is 10.1. The zero-order valence-corrected chi connectivity index (χ0v) is 9.40. The summed E-state index contributed by atoms with van der Waals surface area (Å²) in [4.78, 5) is 10.5. The van der Waals surface area contributed by atoms with Crippen molar-refractivity contribution in [2.75, 3.05) is 6.61 Å². The molecular formula is C13H18O2. The summed E-state index contributed by atoms with van der Waals surface area (Å²) < 4.78 is 5.51. The number of hydrogen-bond donors (Lipinski definition) is 0. The molecule has 0 radical (unpaired) electrons. The van der Waals surface area contributed by atoms with Crippen LogP contribution in [0.15, 0.2) is 43.0 Å². The minimum absolute atomic E-state index is 0.204. The Bertz CT molecular complexity index is 281. The molecule has 15 heavy (non-hydrogen) atoms. The van der Waals surface area contributed by atoms with E-state index in [9.17, 15) is 4.79 Å². The van der Waals surface area contributed by atoms with E-state index in [1.54, 1.807) is 6.08 Å². The van der Waals surface area contributed by atoms with Gasteiger partial charge in [-0.1, -0.05) is 32.1 Å². The number of allylic oxidation sites excluding steroid dienone is 2. The normalized spacial score (nSPS) is 18.3. The van der Waals surface area contributed by atoms with Gasteiger partial charge in [-0.15, -0.1) is 13.2 Å². The van der Waals surface area contributed by atoms with Gasteiger partial charge in [-0.3, -0.25) is 0 Å². The Morgan fingerprint density at radius 1 is 1.47 bits per heavy atom. The molecule has 0 aromatic rings. The molecule has 0 heterocycles. The molecule has 0 aromatic heterocycles. The third-order valence-electron chi connectivity index (χ3n) is 1.71. The Kier molecular flexibility index (Phi) is 7.25. The van der Waals surface area contributed by atoms with Crippen LogP contribution in [0, 0.1) is 5.92 Å². The Hall–Kier alpha value is -1.37. The van der Waals surface area contributed by atoms with E-state index < -0.39 is 0 Å². The lowest BCUT2D eigenvalue weighted by molar-refractivity contribution is 0.0878. The highest BCUT2D eigenvalue weighted by Crippen LogP contribution is 2.13. The standard InChI is InChI=1S/C11H14O2.C2H4/c1-9(2)8-13-11-6-4-3-5-10(11)7-12;1-2/h3-6,9,11H,8H2,1-2H3;1-2H2. The minimum atomic E-state index is -0.204. The minimum Gasteiger partial charge on any atom is -0.368 e. The van der Waals surface area contributed by atoms with Gasteiger partial charge in [-0.05, 0) is 12.0 Å². The monoisotopic (exact) mass is 206 g/mol. The molecule has 1 rings (SSSR count). The van der Waals surface area contributed by atoms with E-state index in [4.69, 9.17) is 4.74 Å². The number of ether oxygens (including phenoxy) is 1. The van der Waals surface area contributed by atoms with Crippen molar-refractivity contribution in [1.82, 2.24) is 0 Å². The van der Waals surface area contributed by atoms with Crippen molar-refractivity contribution in [3.8, 4) is 0 Å². The van der Waals surface area contributed by atoms with Gasteiger partial charge in [0.25, 0.3) is 0 Å². The average Bonchev–Trinajstić information content (AvgIpc) is 2.29. The topological polar surface area (TPSA) is 26.3 Å². The predicted octanol–water partition coefficient (Wildman–Crippen LogP) is 2.71. The van der Waals surface area contributed by atoms with E-state index in [-0.39, 0.29) is 6.10 Å². The summed E-state index contributed by atoms with van der Waals surface area (Å²) in [5, 5.41) is 0. The molecule has 0 bridgehead atoms. The van der Waals surface area contributed by atoms with E-state index in [0.29, 0.717) is 18.1 Å². The third-order valence-corrected chi connectivity index (χ3v) is 1.71. The Morgan fingerprint density at radius 2 is 2.13 bits per heavy atom. The zero-order chi connectivity index (χ0) is 11.7. The summed E-state index contributed by atoms with van der Waals surface area (Å²) in [6, 6.07) is 0. The summed E-state index contributed by atoms with van der Waals surface area (Å²) in [5.74, 6) is 2.36. The molecule has 0 fully saturated rings. The second-order valence-electron chi connectivity index (χ2n) is 3.45. The first-order chi connectivity index (χ1) is 7.24. The first-order valence-electron chi connectivity index (χ1n) is 4.95. The second kappa shape index (κ2) is 7.98. The molecule has 1 unspecified atom stereocenters. The highest BCUT2D eigenvalue weighted by Gasteiger charge is 2.12. The van der Waals surface area contributed by atoms with Gasteiger partial charge in [0.05, 0.1) is 12.2 Å². The van der Waals surface area contributed by atoms with Crippen LogP contribution in [-0.2, 0) is 9.53 Å². The van der Waals surface area contributed by atoms with Crippen LogP contribution >= 0.6 is 0 Å². The van der Waals surface area contributed by atoms with Crippen LogP contribution in [0.1, 0.15) is 13.8 Å². The number of rotatable bonds is 3. The van der Waals surface area contributed by atoms with Gasteiger partial charge in [0.1, 0.15) is 12.0 Å². The van der Waals surface area contributed by atoms with Crippen molar-refractivity contribution >= 4 is 5.94 Å². The van der Waals surface area contributed by atoms with E-state index >= 15 is 0 Å². The lowest BCUT2D eigenvalue weighted by Gasteiger charge is -2.16. The highest BCUT2D eigenvalue weighted by atomic mass is 16.5. The fourth-order valence-corrected chi connectivity index (χ4v) is 1.06. The van der Waals surface area contributed by atoms with Crippen molar-refractivity contribution in [3.63, 3.8) is 0 Å². The fourth-order valence-electron chi connectivity index (χ4n) is 1.06. The zero-order valence-electron chi connectivity index (χ0n) is 9.40. The lowest BCUT2D eigenvalue weighted by Crippen LogP contribution is -2.17. The van der Waals surface area contributed by atoms with E-state index in [2.05, 4.69) is 27.0 Å². The molecule has 0 saturated carbocycles. The average molecular weight is 206 g/mol. The van der Waals surface area contributed by atoms with E-state index in [1.165, 1.54) is 0 Å². The third kappa shape index (κ3) is 5.16. The Labute approximate surface area is 91.6 Å². The van der Waals surface area contributed by atoms with Crippen LogP contribution in [0.2, 0.25) is 0 Å². The van der Waals surface area contributed by atoms with Crippen molar-refractivity contribution in [3.05, 3.63) is 43.0 Å². The van der Waals surface area contributed by atoms with Crippen LogP contribution < -0.4 is 0 Å². The molecule has 0 N–H and O–H groups in total. The van der Waals surface area contributed by atoms with Crippen molar-refractivity contribution < 1.29 is 9.53 Å². The predicted molar refractivity (Wildman–Crippen MR) is 63.3 cm³/mol. The summed E-state index contributed by atoms with van der Waals surface area (Å²) in [5.41, 5.74) is 0.572. The van der Waals surface area contributed by atoms with Gasteiger partial charge < -0.3 is 4.74 Å². The van der Waals surface area contributed by atoms with Crippen molar-refractivity contribution in [1.29, 1.82) is 0 Å². The second-order valence-corrected chi connectivity index (χ2v) is 3.45. The van der Waals surface area contributed by atoms with Crippen LogP contribution in [0.3, 0.4) is 0 Å². The largest absolute Gasteiger partial charge is 0.368 e. The van der Waals surface area contributed by atoms with Crippen LogP contribution in [0.4, 0.5) is 0 Å². The van der Waals surface area contributed by atoms with Crippen LogP contribution in [0.5, 0.6) is 0 Å². The maximum absolute atomic E-state index is 10.5. The first-order valence-corrected chi connectivity index (χ1v) is 4.95. The van der Waals surface area contributed by atoms with Gasteiger partial charge in [-0.2, -0.15) is 0 Å². The maximum atomic E-state index is 10.5. The highest BCUT2D eigenvalue weighted by molar-refractivity contribution is 5.61. The number of carbonyl (C=O) groups excluding carboxylic acids is 1. The van der Waals surface area contributed by atoms with E-state index in [1.807, 2.05) is 24.2 Å². The molecule has 2 nitrogen and oxygen atoms in total. The molecule has 0 saturated heterocycles. The molecule has 0 spiro atoms. The first kappa shape index (κ1) is 13.6. The van der Waals surface area contributed by atoms with Gasteiger partial charge in [0, 0.05) is 0 Å². The van der Waals surface area contributed by atoms with Gasteiger partial charge in [0.15, 0.2) is 0 Å². The molecule has 2 heteroatoms. The summed E-state index contributed by atoms with van der Waals surface area (Å²) in [6.45, 7) is 10.8. The van der Waals surface area contributed by atoms with E-state index in [0.717, 1.165) is 0 Å². The maximum Gasteiger partial charge on any atom is 0.131 e. The molecule has 0 amide bonds. The van der Waals surface area contributed by atoms with Gasteiger partial charge in [0.2, 0.25) is 0 Å². The van der Waals surface area contributed by atoms with Crippen LogP contribution in [-0.4, -0.2) is 18.7 Å². The fraction of sp³-hybridized carbons (Fsp3) is 0.385. The van der Waals surface area contributed by atoms with Crippen LogP contribution in [0.25, 0.3) is 0 Å². The van der Waals surface area contributed by atoms with Crippen molar-refractivity contribution in [2.45, 2.75) is 20.0 Å². The molecule has 1 aliphatic rings. The number of hydrogen-bond acceptors (Lipinski definition) is 2. The Morgan fingerprint density at radius 3 is 2.67 bits per heavy atom.